The smallest absolute Gasteiger partial charge is 0.326 e. The van der Waals surface area contributed by atoms with E-state index in [0.29, 0.717) is 0 Å². The van der Waals surface area contributed by atoms with Gasteiger partial charge in [-0.2, -0.15) is 0 Å². The van der Waals surface area contributed by atoms with Crippen LogP contribution < -0.4 is 11.1 Å². The highest BCUT2D eigenvalue weighted by Gasteiger charge is 2.27. The minimum absolute atomic E-state index is 0.0432. The molecule has 0 heterocycles. The van der Waals surface area contributed by atoms with Crippen molar-refractivity contribution in [3.05, 3.63) is 0 Å². The van der Waals surface area contributed by atoms with Crippen molar-refractivity contribution in [2.24, 2.45) is 17.6 Å². The lowest BCUT2D eigenvalue weighted by Gasteiger charge is -2.23. The minimum atomic E-state index is -1.03. The highest BCUT2D eigenvalue weighted by molar-refractivity contribution is 5.87. The summed E-state index contributed by atoms with van der Waals surface area (Å²) in [6, 6.07) is -1.52. The van der Waals surface area contributed by atoms with Crippen LogP contribution in [-0.4, -0.2) is 29.1 Å². The summed E-state index contributed by atoms with van der Waals surface area (Å²) in [6.45, 7) is 7.30. The zero-order chi connectivity index (χ0) is 12.9. The molecule has 5 heteroatoms. The number of rotatable bonds is 6. The van der Waals surface area contributed by atoms with Gasteiger partial charge in [0.15, 0.2) is 0 Å². The summed E-state index contributed by atoms with van der Waals surface area (Å²) in [5.74, 6) is -1.54. The van der Waals surface area contributed by atoms with Gasteiger partial charge in [-0.1, -0.05) is 34.1 Å². The van der Waals surface area contributed by atoms with Crippen molar-refractivity contribution in [1.82, 2.24) is 5.32 Å². The summed E-state index contributed by atoms with van der Waals surface area (Å²) in [5.41, 5.74) is 5.71. The van der Waals surface area contributed by atoms with E-state index in [-0.39, 0.29) is 11.8 Å². The molecule has 0 aromatic rings. The number of amides is 1. The van der Waals surface area contributed by atoms with E-state index >= 15 is 0 Å². The zero-order valence-electron chi connectivity index (χ0n) is 10.4. The van der Waals surface area contributed by atoms with Gasteiger partial charge in [0.1, 0.15) is 6.04 Å². The van der Waals surface area contributed by atoms with E-state index in [1.165, 1.54) is 0 Å². The Hall–Kier alpha value is -1.10. The number of nitrogens with two attached hydrogens (primary N) is 1. The predicted octanol–water partition coefficient (Wildman–Crippen LogP) is 0.585. The maximum absolute atomic E-state index is 11.7. The molecule has 0 aliphatic carbocycles. The van der Waals surface area contributed by atoms with E-state index in [1.54, 1.807) is 13.8 Å². The van der Waals surface area contributed by atoms with Crippen molar-refractivity contribution in [2.75, 3.05) is 0 Å². The number of carbonyl (C=O) groups is 2. The lowest BCUT2D eigenvalue weighted by molar-refractivity contribution is -0.143. The third kappa shape index (κ3) is 4.18. The molecule has 0 rings (SSSR count). The molecule has 0 radical (unpaired) electrons. The standard InChI is InChI=1S/C11H22N2O3/c1-5-7(4)8(12)10(14)13-9(6(2)3)11(15)16/h6-9H,5,12H2,1-4H3,(H,13,14)(H,15,16)/t7?,8?,9-/m1/s1. The molecule has 1 amide bonds. The van der Waals surface area contributed by atoms with Crippen LogP contribution in [0.3, 0.4) is 0 Å². The first-order valence-corrected chi connectivity index (χ1v) is 5.60. The largest absolute Gasteiger partial charge is 0.480 e. The van der Waals surface area contributed by atoms with Crippen molar-refractivity contribution in [1.29, 1.82) is 0 Å². The van der Waals surface area contributed by atoms with Gasteiger partial charge in [0.05, 0.1) is 6.04 Å². The van der Waals surface area contributed by atoms with Crippen molar-refractivity contribution < 1.29 is 14.7 Å². The van der Waals surface area contributed by atoms with Gasteiger partial charge in [0.25, 0.3) is 0 Å². The fourth-order valence-electron chi connectivity index (χ4n) is 1.28. The maximum Gasteiger partial charge on any atom is 0.326 e. The van der Waals surface area contributed by atoms with Crippen LogP contribution in [-0.2, 0) is 9.59 Å². The molecule has 5 nitrogen and oxygen atoms in total. The van der Waals surface area contributed by atoms with Gasteiger partial charge in [-0.05, 0) is 11.8 Å². The molecular formula is C11H22N2O3. The van der Waals surface area contributed by atoms with Gasteiger partial charge in [0.2, 0.25) is 5.91 Å². The summed E-state index contributed by atoms with van der Waals surface area (Å²) < 4.78 is 0. The van der Waals surface area contributed by atoms with Gasteiger partial charge in [-0.15, -0.1) is 0 Å². The van der Waals surface area contributed by atoms with Gasteiger partial charge < -0.3 is 16.2 Å². The Morgan fingerprint density at radius 2 is 1.81 bits per heavy atom. The third-order valence-electron chi connectivity index (χ3n) is 2.79. The fraction of sp³-hybridized carbons (Fsp3) is 0.818. The molecule has 94 valence electrons. The second-order valence-electron chi connectivity index (χ2n) is 4.48. The van der Waals surface area contributed by atoms with Crippen molar-refractivity contribution in [3.63, 3.8) is 0 Å². The molecule has 0 aromatic heterocycles. The Bertz CT molecular complexity index is 254. The van der Waals surface area contributed by atoms with Crippen LogP contribution in [0.4, 0.5) is 0 Å². The van der Waals surface area contributed by atoms with Crippen LogP contribution in [0.15, 0.2) is 0 Å². The molecule has 0 saturated carbocycles. The fourth-order valence-corrected chi connectivity index (χ4v) is 1.28. The molecule has 16 heavy (non-hydrogen) atoms. The van der Waals surface area contributed by atoms with Gasteiger partial charge in [-0.3, -0.25) is 4.79 Å². The van der Waals surface area contributed by atoms with E-state index in [9.17, 15) is 9.59 Å². The summed E-state index contributed by atoms with van der Waals surface area (Å²) in [5, 5.41) is 11.4. The minimum Gasteiger partial charge on any atom is -0.480 e. The number of carboxylic acids is 1. The molecule has 0 fully saturated rings. The highest BCUT2D eigenvalue weighted by atomic mass is 16.4. The molecule has 0 spiro atoms. The Kier molecular flexibility index (Phi) is 6.03. The first-order valence-electron chi connectivity index (χ1n) is 5.60. The van der Waals surface area contributed by atoms with Crippen LogP contribution in [0.1, 0.15) is 34.1 Å². The van der Waals surface area contributed by atoms with E-state index in [4.69, 9.17) is 10.8 Å². The second kappa shape index (κ2) is 6.48. The van der Waals surface area contributed by atoms with Crippen LogP contribution in [0.2, 0.25) is 0 Å². The molecule has 0 aliphatic heterocycles. The average Bonchev–Trinajstić information content (AvgIpc) is 2.22. The van der Waals surface area contributed by atoms with Gasteiger partial charge in [-0.25, -0.2) is 4.79 Å². The Morgan fingerprint density at radius 3 is 2.12 bits per heavy atom. The quantitative estimate of drug-likeness (QED) is 0.622. The molecule has 0 bridgehead atoms. The summed E-state index contributed by atoms with van der Waals surface area (Å²) in [4.78, 5) is 22.5. The van der Waals surface area contributed by atoms with Gasteiger partial charge in [0, 0.05) is 0 Å². The highest BCUT2D eigenvalue weighted by Crippen LogP contribution is 2.07. The van der Waals surface area contributed by atoms with Gasteiger partial charge >= 0.3 is 5.97 Å². The summed E-state index contributed by atoms with van der Waals surface area (Å²) in [6.07, 6.45) is 0.786. The SMILES string of the molecule is CCC(C)C(N)C(=O)N[C@@H](C(=O)O)C(C)C. The number of aliphatic carboxylic acids is 1. The van der Waals surface area contributed by atoms with Crippen LogP contribution in [0.5, 0.6) is 0 Å². The number of nitrogens with one attached hydrogen (secondary N) is 1. The molecule has 0 saturated heterocycles. The van der Waals surface area contributed by atoms with E-state index in [0.717, 1.165) is 6.42 Å². The molecular weight excluding hydrogens is 208 g/mol. The number of hydrogen-bond acceptors (Lipinski definition) is 3. The van der Waals surface area contributed by atoms with Crippen molar-refractivity contribution in [2.45, 2.75) is 46.2 Å². The third-order valence-corrected chi connectivity index (χ3v) is 2.79. The monoisotopic (exact) mass is 230 g/mol. The number of carboxylic acid groups (broad SMARTS) is 1. The number of carbonyl (C=O) groups excluding carboxylic acids is 1. The lowest BCUT2D eigenvalue weighted by atomic mass is 9.98. The molecule has 4 N–H and O–H groups in total. The Morgan fingerprint density at radius 1 is 1.31 bits per heavy atom. The van der Waals surface area contributed by atoms with E-state index in [2.05, 4.69) is 5.32 Å². The zero-order valence-corrected chi connectivity index (χ0v) is 10.4. The number of hydrogen-bond donors (Lipinski definition) is 3. The van der Waals surface area contributed by atoms with Crippen molar-refractivity contribution >= 4 is 11.9 Å². The topological polar surface area (TPSA) is 92.4 Å². The normalized spacial score (nSPS) is 16.6. The molecule has 0 aliphatic rings. The predicted molar refractivity (Wildman–Crippen MR) is 61.8 cm³/mol. The second-order valence-corrected chi connectivity index (χ2v) is 4.48. The average molecular weight is 230 g/mol. The molecule has 0 aromatic carbocycles. The maximum atomic E-state index is 11.7. The molecule has 3 atom stereocenters. The summed E-state index contributed by atoms with van der Waals surface area (Å²) >= 11 is 0. The summed E-state index contributed by atoms with van der Waals surface area (Å²) in [7, 11) is 0. The first-order chi connectivity index (χ1) is 7.31. The lowest BCUT2D eigenvalue weighted by Crippen LogP contribution is -2.52. The van der Waals surface area contributed by atoms with E-state index < -0.39 is 24.0 Å². The first kappa shape index (κ1) is 14.9. The van der Waals surface area contributed by atoms with Crippen molar-refractivity contribution in [3.8, 4) is 0 Å². The van der Waals surface area contributed by atoms with E-state index in [1.807, 2.05) is 13.8 Å². The van der Waals surface area contributed by atoms with Crippen LogP contribution >= 0.6 is 0 Å². The van der Waals surface area contributed by atoms with Crippen LogP contribution in [0, 0.1) is 11.8 Å². The Labute approximate surface area is 96.4 Å². The van der Waals surface area contributed by atoms with Crippen LogP contribution in [0.25, 0.3) is 0 Å². The Balaban J connectivity index is 4.46. The molecule has 2 unspecified atom stereocenters.